The van der Waals surface area contributed by atoms with Gasteiger partial charge >= 0.3 is 0 Å². The van der Waals surface area contributed by atoms with Gasteiger partial charge in [-0.1, -0.05) is 50.1 Å². The zero-order valence-electron chi connectivity index (χ0n) is 20.7. The molecule has 5 nitrogen and oxygen atoms in total. The largest absolute Gasteiger partial charge is 0.392 e. The van der Waals surface area contributed by atoms with Crippen LogP contribution < -0.4 is 0 Å². The first-order chi connectivity index (χ1) is 16.5. The first-order valence-electron chi connectivity index (χ1n) is 12.5. The van der Waals surface area contributed by atoms with Crippen molar-refractivity contribution in [2.75, 3.05) is 19.6 Å². The summed E-state index contributed by atoms with van der Waals surface area (Å²) < 4.78 is 15.5. The number of aliphatic hydroxyl groups excluding tert-OH is 1. The highest BCUT2D eigenvalue weighted by atomic mass is 19.1. The van der Waals surface area contributed by atoms with E-state index in [4.69, 9.17) is 5.10 Å². The summed E-state index contributed by atoms with van der Waals surface area (Å²) in [6, 6.07) is 15.3. The third-order valence-electron chi connectivity index (χ3n) is 6.73. The highest BCUT2D eigenvalue weighted by Gasteiger charge is 2.26. The van der Waals surface area contributed by atoms with Crippen LogP contribution in [0.2, 0.25) is 0 Å². The van der Waals surface area contributed by atoms with E-state index in [0.717, 1.165) is 68.9 Å². The number of aromatic nitrogens is 2. The minimum Gasteiger partial charge on any atom is -0.392 e. The van der Waals surface area contributed by atoms with Crippen molar-refractivity contribution in [3.63, 3.8) is 0 Å². The topological polar surface area (TPSA) is 44.5 Å². The molecule has 0 bridgehead atoms. The molecule has 0 amide bonds. The van der Waals surface area contributed by atoms with Gasteiger partial charge in [-0.25, -0.2) is 9.07 Å². The van der Waals surface area contributed by atoms with Crippen LogP contribution in [0, 0.1) is 12.7 Å². The van der Waals surface area contributed by atoms with E-state index in [-0.39, 0.29) is 11.9 Å². The van der Waals surface area contributed by atoms with Crippen LogP contribution in [-0.4, -0.2) is 50.4 Å². The first-order valence-corrected chi connectivity index (χ1v) is 12.5. The van der Waals surface area contributed by atoms with Gasteiger partial charge in [-0.05, 0) is 49.7 Å². The Morgan fingerprint density at radius 3 is 2.50 bits per heavy atom. The highest BCUT2D eigenvalue weighted by molar-refractivity contribution is 5.40. The van der Waals surface area contributed by atoms with Gasteiger partial charge < -0.3 is 5.11 Å². The average Bonchev–Trinajstić information content (AvgIpc) is 3.18. The number of aryl methyl sites for hydroxylation is 1. The molecule has 0 saturated heterocycles. The summed E-state index contributed by atoms with van der Waals surface area (Å²) in [6.45, 7) is 11.2. The quantitative estimate of drug-likeness (QED) is 0.465. The highest BCUT2D eigenvalue weighted by Crippen LogP contribution is 2.27. The Labute approximate surface area is 202 Å². The number of aliphatic hydroxyl groups is 1. The molecule has 1 aliphatic rings. The van der Waals surface area contributed by atoms with E-state index >= 15 is 0 Å². The minimum absolute atomic E-state index is 0.198. The van der Waals surface area contributed by atoms with Gasteiger partial charge in [0.1, 0.15) is 5.82 Å². The maximum atomic E-state index is 13.4. The van der Waals surface area contributed by atoms with Crippen LogP contribution in [0.25, 0.3) is 5.69 Å². The van der Waals surface area contributed by atoms with E-state index in [1.807, 2.05) is 12.1 Å². The second-order valence-corrected chi connectivity index (χ2v) is 9.48. The maximum Gasteiger partial charge on any atom is 0.123 e. The van der Waals surface area contributed by atoms with Crippen molar-refractivity contribution in [3.05, 3.63) is 82.4 Å². The summed E-state index contributed by atoms with van der Waals surface area (Å²) in [6.07, 6.45) is 2.41. The summed E-state index contributed by atoms with van der Waals surface area (Å²) in [5.74, 6) is -0.198. The Morgan fingerprint density at radius 2 is 1.82 bits per heavy atom. The molecule has 1 atom stereocenters. The Kier molecular flexibility index (Phi) is 8.14. The lowest BCUT2D eigenvalue weighted by Gasteiger charge is -2.29. The van der Waals surface area contributed by atoms with Gasteiger partial charge in [0.25, 0.3) is 0 Å². The molecule has 1 N–H and O–H groups in total. The fourth-order valence-electron chi connectivity index (χ4n) is 4.79. The van der Waals surface area contributed by atoms with Gasteiger partial charge in [-0.3, -0.25) is 9.80 Å². The Balaban J connectivity index is 1.61. The predicted molar refractivity (Wildman–Crippen MR) is 134 cm³/mol. The van der Waals surface area contributed by atoms with Gasteiger partial charge in [0.15, 0.2) is 0 Å². The van der Waals surface area contributed by atoms with Gasteiger partial charge in [0.2, 0.25) is 0 Å². The minimum atomic E-state index is -0.310. The molecule has 2 aromatic carbocycles. The van der Waals surface area contributed by atoms with E-state index in [2.05, 4.69) is 59.5 Å². The maximum absolute atomic E-state index is 13.4. The number of likely N-dealkylation sites (N-methyl/N-ethyl adjacent to an activating group) is 1. The number of rotatable bonds is 10. The molecule has 0 saturated carbocycles. The van der Waals surface area contributed by atoms with Crippen LogP contribution in [0.3, 0.4) is 0 Å². The molecule has 2 heterocycles. The van der Waals surface area contributed by atoms with Crippen LogP contribution in [-0.2, 0) is 26.1 Å². The van der Waals surface area contributed by atoms with Crippen LogP contribution in [0.1, 0.15) is 54.8 Å². The molecular formula is C28H37FN4O. The molecule has 1 aromatic heterocycles. The summed E-state index contributed by atoms with van der Waals surface area (Å²) in [4.78, 5) is 4.71. The number of hydrogen-bond donors (Lipinski definition) is 1. The van der Waals surface area contributed by atoms with E-state index in [0.29, 0.717) is 6.54 Å². The zero-order chi connectivity index (χ0) is 24.1. The molecular weight excluding hydrogens is 427 g/mol. The standard InChI is InChI=1S/C28H37FN4O/c1-4-6-25(34)18-31(5-2)20-27-26-19-32(17-22-9-11-23(29)12-10-22)16-15-28(26)33(30-27)24-13-7-21(3)8-14-24/h7-14,25,34H,4-6,15-20H2,1-3H3. The summed E-state index contributed by atoms with van der Waals surface area (Å²) in [7, 11) is 0. The van der Waals surface area contributed by atoms with Crippen molar-refractivity contribution in [1.82, 2.24) is 19.6 Å². The molecule has 182 valence electrons. The number of nitrogens with zero attached hydrogens (tertiary/aromatic N) is 4. The molecule has 0 aliphatic carbocycles. The summed E-state index contributed by atoms with van der Waals surface area (Å²) >= 11 is 0. The van der Waals surface area contributed by atoms with Gasteiger partial charge in [0, 0.05) is 44.7 Å². The average molecular weight is 465 g/mol. The SMILES string of the molecule is CCCC(O)CN(CC)Cc1nn(-c2ccc(C)cc2)c2c1CN(Cc1ccc(F)cc1)CC2. The summed E-state index contributed by atoms with van der Waals surface area (Å²) in [5.41, 5.74) is 7.10. The van der Waals surface area contributed by atoms with Crippen LogP contribution in [0.4, 0.5) is 4.39 Å². The zero-order valence-corrected chi connectivity index (χ0v) is 20.7. The number of hydrogen-bond acceptors (Lipinski definition) is 4. The summed E-state index contributed by atoms with van der Waals surface area (Å²) in [5, 5.41) is 15.5. The number of halogens is 1. The number of fused-ring (bicyclic) bond motifs is 1. The van der Waals surface area contributed by atoms with Gasteiger partial charge in [-0.15, -0.1) is 0 Å². The van der Waals surface area contributed by atoms with Crippen LogP contribution in [0.5, 0.6) is 0 Å². The van der Waals surface area contributed by atoms with Crippen molar-refractivity contribution in [1.29, 1.82) is 0 Å². The van der Waals surface area contributed by atoms with E-state index in [9.17, 15) is 9.50 Å². The lowest BCUT2D eigenvalue weighted by atomic mass is 10.0. The molecule has 4 rings (SSSR count). The lowest BCUT2D eigenvalue weighted by Crippen LogP contribution is -2.33. The molecule has 0 spiro atoms. The Morgan fingerprint density at radius 1 is 1.09 bits per heavy atom. The smallest absolute Gasteiger partial charge is 0.123 e. The molecule has 1 aliphatic heterocycles. The lowest BCUT2D eigenvalue weighted by molar-refractivity contribution is 0.103. The third kappa shape index (κ3) is 5.93. The second-order valence-electron chi connectivity index (χ2n) is 9.48. The molecule has 0 radical (unpaired) electrons. The van der Waals surface area contributed by atoms with Gasteiger partial charge in [0.05, 0.1) is 23.2 Å². The van der Waals surface area contributed by atoms with E-state index in [1.54, 1.807) is 0 Å². The second kappa shape index (κ2) is 11.3. The van der Waals surface area contributed by atoms with Crippen molar-refractivity contribution in [3.8, 4) is 5.69 Å². The normalized spacial score (nSPS) is 15.0. The van der Waals surface area contributed by atoms with Crippen molar-refractivity contribution in [2.24, 2.45) is 0 Å². The molecule has 0 fully saturated rings. The van der Waals surface area contributed by atoms with Crippen molar-refractivity contribution < 1.29 is 9.50 Å². The Bertz CT molecular complexity index is 1060. The fourth-order valence-corrected chi connectivity index (χ4v) is 4.79. The Hall–Kier alpha value is -2.54. The monoisotopic (exact) mass is 464 g/mol. The van der Waals surface area contributed by atoms with Gasteiger partial charge in [-0.2, -0.15) is 5.10 Å². The van der Waals surface area contributed by atoms with Crippen molar-refractivity contribution >= 4 is 0 Å². The molecule has 1 unspecified atom stereocenters. The van der Waals surface area contributed by atoms with Crippen LogP contribution in [0.15, 0.2) is 48.5 Å². The fraction of sp³-hybridized carbons (Fsp3) is 0.464. The third-order valence-corrected chi connectivity index (χ3v) is 6.73. The van der Waals surface area contributed by atoms with E-state index < -0.39 is 0 Å². The van der Waals surface area contributed by atoms with Crippen molar-refractivity contribution in [2.45, 2.75) is 65.8 Å². The number of benzene rings is 2. The first kappa shape index (κ1) is 24.6. The molecule has 6 heteroatoms. The molecule has 34 heavy (non-hydrogen) atoms. The van der Waals surface area contributed by atoms with E-state index in [1.165, 1.54) is 29.0 Å². The predicted octanol–water partition coefficient (Wildman–Crippen LogP) is 4.86. The molecule has 3 aromatic rings. The van der Waals surface area contributed by atoms with Crippen LogP contribution >= 0.6 is 0 Å².